The van der Waals surface area contributed by atoms with E-state index < -0.39 is 0 Å². The van der Waals surface area contributed by atoms with Crippen molar-refractivity contribution < 1.29 is 5.11 Å². The fourth-order valence-corrected chi connectivity index (χ4v) is 2.81. The Hall–Kier alpha value is -1.61. The van der Waals surface area contributed by atoms with E-state index in [0.29, 0.717) is 12.1 Å². The van der Waals surface area contributed by atoms with E-state index in [4.69, 9.17) is 5.73 Å². The Morgan fingerprint density at radius 3 is 2.76 bits per heavy atom. The predicted octanol–water partition coefficient (Wildman–Crippen LogP) is 2.32. The second kappa shape index (κ2) is 3.70. The van der Waals surface area contributed by atoms with E-state index in [1.807, 2.05) is 18.2 Å². The molecule has 1 heterocycles. The molecular formula is C14H16N2O. The number of nitrogens with zero attached hydrogens (tertiary/aromatic N) is 1. The number of aromatic hydroxyl groups is 1. The van der Waals surface area contributed by atoms with Gasteiger partial charge in [0.2, 0.25) is 0 Å². The van der Waals surface area contributed by atoms with Gasteiger partial charge in [-0.1, -0.05) is 18.6 Å². The molecule has 0 spiro atoms. The van der Waals surface area contributed by atoms with Crippen molar-refractivity contribution in [2.24, 2.45) is 5.73 Å². The number of hydrogen-bond donors (Lipinski definition) is 2. The Morgan fingerprint density at radius 1 is 1.29 bits per heavy atom. The van der Waals surface area contributed by atoms with Gasteiger partial charge in [-0.25, -0.2) is 0 Å². The maximum Gasteiger partial charge on any atom is 0.141 e. The van der Waals surface area contributed by atoms with E-state index in [1.165, 1.54) is 12.0 Å². The van der Waals surface area contributed by atoms with Crippen molar-refractivity contribution in [2.75, 3.05) is 6.54 Å². The lowest BCUT2D eigenvalue weighted by Gasteiger charge is -2.42. The van der Waals surface area contributed by atoms with Gasteiger partial charge in [0.05, 0.1) is 0 Å². The van der Waals surface area contributed by atoms with Gasteiger partial charge in [-0.2, -0.15) is 0 Å². The van der Waals surface area contributed by atoms with Crippen LogP contribution in [-0.2, 0) is 5.41 Å². The summed E-state index contributed by atoms with van der Waals surface area (Å²) in [5.74, 6) is 0.246. The van der Waals surface area contributed by atoms with E-state index in [1.54, 1.807) is 12.3 Å². The Morgan fingerprint density at radius 2 is 2.12 bits per heavy atom. The minimum Gasteiger partial charge on any atom is -0.506 e. The summed E-state index contributed by atoms with van der Waals surface area (Å²) >= 11 is 0. The normalized spacial score (nSPS) is 17.9. The van der Waals surface area contributed by atoms with Crippen molar-refractivity contribution >= 4 is 10.9 Å². The Balaban J connectivity index is 2.27. The van der Waals surface area contributed by atoms with Crippen molar-refractivity contribution in [1.29, 1.82) is 0 Å². The van der Waals surface area contributed by atoms with Crippen molar-refractivity contribution in [1.82, 2.24) is 4.98 Å². The largest absolute Gasteiger partial charge is 0.506 e. The molecule has 1 aliphatic carbocycles. The molecule has 0 bridgehead atoms. The van der Waals surface area contributed by atoms with Gasteiger partial charge in [-0.15, -0.1) is 0 Å². The summed E-state index contributed by atoms with van der Waals surface area (Å²) in [7, 11) is 0. The second-order valence-electron chi connectivity index (χ2n) is 4.87. The quantitative estimate of drug-likeness (QED) is 0.829. The third kappa shape index (κ3) is 1.42. The zero-order valence-corrected chi connectivity index (χ0v) is 9.69. The van der Waals surface area contributed by atoms with Gasteiger partial charge in [-0.3, -0.25) is 4.98 Å². The van der Waals surface area contributed by atoms with Crippen LogP contribution in [0.4, 0.5) is 0 Å². The number of rotatable bonds is 2. The average molecular weight is 228 g/mol. The highest BCUT2D eigenvalue weighted by Crippen LogP contribution is 2.46. The topological polar surface area (TPSA) is 59.1 Å². The van der Waals surface area contributed by atoms with Crippen molar-refractivity contribution in [2.45, 2.75) is 24.7 Å². The molecule has 1 aromatic heterocycles. The number of pyridine rings is 1. The number of fused-ring (bicyclic) bond motifs is 1. The summed E-state index contributed by atoms with van der Waals surface area (Å²) in [6.45, 7) is 0.668. The molecule has 0 unspecified atom stereocenters. The molecule has 1 fully saturated rings. The summed E-state index contributed by atoms with van der Waals surface area (Å²) in [6.07, 6.45) is 5.22. The highest BCUT2D eigenvalue weighted by atomic mass is 16.3. The molecule has 0 radical (unpaired) electrons. The first-order chi connectivity index (χ1) is 8.27. The van der Waals surface area contributed by atoms with Gasteiger partial charge < -0.3 is 10.8 Å². The molecule has 0 amide bonds. The van der Waals surface area contributed by atoms with Crippen molar-refractivity contribution in [3.05, 3.63) is 36.0 Å². The molecule has 3 heteroatoms. The third-order valence-corrected chi connectivity index (χ3v) is 4.02. The first-order valence-electron chi connectivity index (χ1n) is 6.04. The lowest BCUT2D eigenvalue weighted by molar-refractivity contribution is 0.255. The Bertz CT molecular complexity index is 556. The first-order valence-corrected chi connectivity index (χ1v) is 6.04. The average Bonchev–Trinajstić information content (AvgIpc) is 2.32. The van der Waals surface area contributed by atoms with Crippen LogP contribution in [0.5, 0.6) is 5.75 Å². The van der Waals surface area contributed by atoms with Crippen LogP contribution in [0.2, 0.25) is 0 Å². The minimum atomic E-state index is 0.106. The van der Waals surface area contributed by atoms with Gasteiger partial charge in [-0.05, 0) is 30.5 Å². The molecule has 3 rings (SSSR count). The smallest absolute Gasteiger partial charge is 0.141 e. The van der Waals surface area contributed by atoms with E-state index >= 15 is 0 Å². The molecule has 0 atom stereocenters. The zero-order chi connectivity index (χ0) is 11.9. The minimum absolute atomic E-state index is 0.106. The van der Waals surface area contributed by atoms with E-state index in [9.17, 15) is 5.11 Å². The standard InChI is InChI=1S/C14H16N2O/c15-9-14(6-2-7-14)11-4-5-12(17)13-10(11)3-1-8-16-13/h1,3-5,8,17H,2,6-7,9,15H2. The van der Waals surface area contributed by atoms with Crippen molar-refractivity contribution in [3.63, 3.8) is 0 Å². The highest BCUT2D eigenvalue weighted by molar-refractivity contribution is 5.88. The lowest BCUT2D eigenvalue weighted by Crippen LogP contribution is -2.41. The second-order valence-corrected chi connectivity index (χ2v) is 4.87. The van der Waals surface area contributed by atoms with Crippen LogP contribution in [0.25, 0.3) is 10.9 Å². The molecule has 88 valence electrons. The monoisotopic (exact) mass is 228 g/mol. The predicted molar refractivity (Wildman–Crippen MR) is 68.0 cm³/mol. The molecule has 1 saturated carbocycles. The molecule has 0 aliphatic heterocycles. The molecule has 2 aromatic rings. The number of nitrogens with two attached hydrogens (primary N) is 1. The summed E-state index contributed by atoms with van der Waals surface area (Å²) in [6, 6.07) is 7.67. The molecule has 3 nitrogen and oxygen atoms in total. The number of phenols is 1. The van der Waals surface area contributed by atoms with Gasteiger partial charge in [0, 0.05) is 23.5 Å². The fourth-order valence-electron chi connectivity index (χ4n) is 2.81. The first kappa shape index (κ1) is 10.5. The highest BCUT2D eigenvalue weighted by Gasteiger charge is 2.38. The van der Waals surface area contributed by atoms with Crippen LogP contribution < -0.4 is 5.73 Å². The molecule has 1 aliphatic rings. The van der Waals surface area contributed by atoms with E-state index in [-0.39, 0.29) is 11.2 Å². The molecular weight excluding hydrogens is 212 g/mol. The Kier molecular flexibility index (Phi) is 2.30. The summed E-state index contributed by atoms with van der Waals surface area (Å²) < 4.78 is 0. The van der Waals surface area contributed by atoms with Crippen LogP contribution in [0.3, 0.4) is 0 Å². The fraction of sp³-hybridized carbons (Fsp3) is 0.357. The molecule has 0 saturated heterocycles. The van der Waals surface area contributed by atoms with Crippen LogP contribution in [0.1, 0.15) is 24.8 Å². The van der Waals surface area contributed by atoms with E-state index in [2.05, 4.69) is 4.98 Å². The zero-order valence-electron chi connectivity index (χ0n) is 9.69. The summed E-state index contributed by atoms with van der Waals surface area (Å²) in [5, 5.41) is 10.9. The summed E-state index contributed by atoms with van der Waals surface area (Å²) in [5.41, 5.74) is 7.98. The van der Waals surface area contributed by atoms with E-state index in [0.717, 1.165) is 18.2 Å². The number of hydrogen-bond acceptors (Lipinski definition) is 3. The van der Waals surface area contributed by atoms with Crippen molar-refractivity contribution in [3.8, 4) is 5.75 Å². The maximum atomic E-state index is 9.83. The maximum absolute atomic E-state index is 9.83. The van der Waals surface area contributed by atoms with Crippen LogP contribution >= 0.6 is 0 Å². The van der Waals surface area contributed by atoms with Crippen LogP contribution in [0.15, 0.2) is 30.5 Å². The third-order valence-electron chi connectivity index (χ3n) is 4.02. The van der Waals surface area contributed by atoms with Gasteiger partial charge >= 0.3 is 0 Å². The van der Waals surface area contributed by atoms with Gasteiger partial charge in [0.1, 0.15) is 11.3 Å². The lowest BCUT2D eigenvalue weighted by atomic mass is 9.63. The molecule has 3 N–H and O–H groups in total. The summed E-state index contributed by atoms with van der Waals surface area (Å²) in [4.78, 5) is 4.26. The number of benzene rings is 1. The van der Waals surface area contributed by atoms with Crippen LogP contribution in [-0.4, -0.2) is 16.6 Å². The van der Waals surface area contributed by atoms with Gasteiger partial charge in [0.25, 0.3) is 0 Å². The van der Waals surface area contributed by atoms with Crippen LogP contribution in [0, 0.1) is 0 Å². The number of aromatic nitrogens is 1. The SMILES string of the molecule is NCC1(c2ccc(O)c3ncccc23)CCC1. The van der Waals surface area contributed by atoms with Gasteiger partial charge in [0.15, 0.2) is 0 Å². The number of phenolic OH excluding ortho intramolecular Hbond substituents is 1. The molecule has 1 aromatic carbocycles. The molecule has 17 heavy (non-hydrogen) atoms. The Labute approximate surface area is 100 Å².